The van der Waals surface area contributed by atoms with E-state index in [0.29, 0.717) is 22.9 Å². The maximum atomic E-state index is 13.4. The Bertz CT molecular complexity index is 372. The molecule has 0 atom stereocenters. The van der Waals surface area contributed by atoms with Gasteiger partial charge in [-0.3, -0.25) is 0 Å². The van der Waals surface area contributed by atoms with Gasteiger partial charge in [0.25, 0.3) is 0 Å². The average molecular weight is 229 g/mol. The van der Waals surface area contributed by atoms with E-state index in [4.69, 9.17) is 11.6 Å². The molecule has 0 spiro atoms. The van der Waals surface area contributed by atoms with E-state index in [1.165, 1.54) is 12.1 Å². The van der Waals surface area contributed by atoms with Gasteiger partial charge in [0, 0.05) is 11.4 Å². The maximum absolute atomic E-state index is 13.4. The molecule has 2 rings (SSSR count). The molecule has 0 saturated heterocycles. The number of hydrogen-bond donors (Lipinski definition) is 1. The monoisotopic (exact) mass is 228 g/mol. The first-order valence-corrected chi connectivity index (χ1v) is 5.53. The van der Waals surface area contributed by atoms with Crippen molar-refractivity contribution >= 4 is 11.6 Å². The molecule has 0 aromatic heterocycles. The predicted molar refractivity (Wildman–Crippen MR) is 58.5 cm³/mol. The van der Waals surface area contributed by atoms with Gasteiger partial charge in [0.05, 0.1) is 5.60 Å². The molecule has 1 fully saturated rings. The minimum absolute atomic E-state index is 0.285. The van der Waals surface area contributed by atoms with Crippen LogP contribution in [0.25, 0.3) is 0 Å². The highest BCUT2D eigenvalue weighted by atomic mass is 35.5. The van der Waals surface area contributed by atoms with E-state index in [9.17, 15) is 9.50 Å². The molecule has 1 aromatic rings. The van der Waals surface area contributed by atoms with Crippen molar-refractivity contribution in [1.82, 2.24) is 0 Å². The zero-order valence-electron chi connectivity index (χ0n) is 8.63. The molecule has 0 heterocycles. The fourth-order valence-corrected chi connectivity index (χ4v) is 2.61. The summed E-state index contributed by atoms with van der Waals surface area (Å²) in [7, 11) is 0. The summed E-state index contributed by atoms with van der Waals surface area (Å²) in [5.41, 5.74) is -0.206. The normalized spacial score (nSPS) is 30.0. The van der Waals surface area contributed by atoms with Gasteiger partial charge in [0.15, 0.2) is 0 Å². The van der Waals surface area contributed by atoms with Gasteiger partial charge >= 0.3 is 0 Å². The van der Waals surface area contributed by atoms with Gasteiger partial charge in [0.1, 0.15) is 5.82 Å². The van der Waals surface area contributed by atoms with Crippen molar-refractivity contribution in [1.29, 1.82) is 0 Å². The molecule has 0 aliphatic heterocycles. The van der Waals surface area contributed by atoms with Crippen LogP contribution in [0.1, 0.15) is 25.3 Å². The lowest BCUT2D eigenvalue weighted by Crippen LogP contribution is -2.44. The third-order valence-corrected chi connectivity index (χ3v) is 3.22. The van der Waals surface area contributed by atoms with E-state index >= 15 is 0 Å². The first kappa shape index (κ1) is 10.9. The van der Waals surface area contributed by atoms with Gasteiger partial charge in [-0.1, -0.05) is 18.5 Å². The van der Waals surface area contributed by atoms with Crippen molar-refractivity contribution in [3.63, 3.8) is 0 Å². The van der Waals surface area contributed by atoms with Gasteiger partial charge < -0.3 is 5.11 Å². The lowest BCUT2D eigenvalue weighted by Gasteiger charge is -2.42. The molecule has 1 nitrogen and oxygen atoms in total. The Kier molecular flexibility index (Phi) is 2.73. The quantitative estimate of drug-likeness (QED) is 0.824. The summed E-state index contributed by atoms with van der Waals surface area (Å²) < 4.78 is 13.4. The zero-order chi connectivity index (χ0) is 11.1. The van der Waals surface area contributed by atoms with E-state index in [-0.39, 0.29) is 5.82 Å². The molecule has 15 heavy (non-hydrogen) atoms. The Morgan fingerprint density at radius 3 is 2.80 bits per heavy atom. The first-order chi connectivity index (χ1) is 6.98. The highest BCUT2D eigenvalue weighted by molar-refractivity contribution is 6.30. The zero-order valence-corrected chi connectivity index (χ0v) is 9.39. The Morgan fingerprint density at radius 1 is 1.53 bits per heavy atom. The van der Waals surface area contributed by atoms with Crippen LogP contribution in [0.4, 0.5) is 4.39 Å². The molecule has 0 radical (unpaired) electrons. The van der Waals surface area contributed by atoms with Crippen molar-refractivity contribution in [2.24, 2.45) is 5.92 Å². The van der Waals surface area contributed by atoms with Gasteiger partial charge in [0.2, 0.25) is 0 Å². The van der Waals surface area contributed by atoms with Crippen molar-refractivity contribution in [2.45, 2.75) is 31.8 Å². The Labute approximate surface area is 93.9 Å². The fraction of sp³-hybridized carbons (Fsp3) is 0.500. The summed E-state index contributed by atoms with van der Waals surface area (Å²) in [6.07, 6.45) is 1.86. The molecule has 1 aromatic carbocycles. The highest BCUT2D eigenvalue weighted by Gasteiger charge is 2.40. The number of rotatable bonds is 2. The molecule has 0 amide bonds. The molecule has 0 bridgehead atoms. The summed E-state index contributed by atoms with van der Waals surface area (Å²) in [5.74, 6) is 0.254. The number of halogens is 2. The van der Waals surface area contributed by atoms with Crippen LogP contribution in [0.3, 0.4) is 0 Å². The lowest BCUT2D eigenvalue weighted by atomic mass is 9.69. The molecular weight excluding hydrogens is 215 g/mol. The molecular formula is C12H14ClFO. The number of benzene rings is 1. The Morgan fingerprint density at radius 2 is 2.20 bits per heavy atom. The molecule has 82 valence electrons. The van der Waals surface area contributed by atoms with Crippen LogP contribution in [0.2, 0.25) is 5.02 Å². The average Bonchev–Trinajstić information content (AvgIpc) is 2.09. The Hall–Kier alpha value is -0.600. The van der Waals surface area contributed by atoms with Crippen LogP contribution in [0.5, 0.6) is 0 Å². The van der Waals surface area contributed by atoms with Crippen LogP contribution in [-0.2, 0) is 6.42 Å². The SMILES string of the molecule is CC1CC(O)(Cc2cc(Cl)ccc2F)C1. The van der Waals surface area contributed by atoms with E-state index in [1.54, 1.807) is 6.07 Å². The van der Waals surface area contributed by atoms with Crippen LogP contribution in [0, 0.1) is 11.7 Å². The second kappa shape index (κ2) is 3.76. The van der Waals surface area contributed by atoms with Crippen LogP contribution >= 0.6 is 11.6 Å². The summed E-state index contributed by atoms with van der Waals surface area (Å²) in [5, 5.41) is 10.6. The van der Waals surface area contributed by atoms with E-state index < -0.39 is 5.60 Å². The van der Waals surface area contributed by atoms with Gasteiger partial charge in [-0.25, -0.2) is 4.39 Å². The smallest absolute Gasteiger partial charge is 0.126 e. The minimum atomic E-state index is -0.717. The molecule has 1 N–H and O–H groups in total. The van der Waals surface area contributed by atoms with Crippen molar-refractivity contribution in [2.75, 3.05) is 0 Å². The second-order valence-electron chi connectivity index (χ2n) is 4.65. The largest absolute Gasteiger partial charge is 0.390 e. The van der Waals surface area contributed by atoms with Gasteiger partial charge in [-0.15, -0.1) is 0 Å². The van der Waals surface area contributed by atoms with Crippen molar-refractivity contribution in [3.8, 4) is 0 Å². The summed E-state index contributed by atoms with van der Waals surface area (Å²) in [6, 6.07) is 4.47. The maximum Gasteiger partial charge on any atom is 0.126 e. The van der Waals surface area contributed by atoms with Gasteiger partial charge in [-0.2, -0.15) is 0 Å². The fourth-order valence-electron chi connectivity index (χ4n) is 2.42. The molecule has 1 saturated carbocycles. The molecule has 0 unspecified atom stereocenters. The molecule has 1 aliphatic rings. The first-order valence-electron chi connectivity index (χ1n) is 5.15. The van der Waals surface area contributed by atoms with Crippen LogP contribution in [-0.4, -0.2) is 10.7 Å². The van der Waals surface area contributed by atoms with Crippen LogP contribution in [0.15, 0.2) is 18.2 Å². The molecule has 3 heteroatoms. The van der Waals surface area contributed by atoms with E-state index in [0.717, 1.165) is 12.8 Å². The third-order valence-electron chi connectivity index (χ3n) is 2.98. The summed E-state index contributed by atoms with van der Waals surface area (Å²) >= 11 is 5.79. The lowest BCUT2D eigenvalue weighted by molar-refractivity contribution is -0.0670. The van der Waals surface area contributed by atoms with Crippen molar-refractivity contribution in [3.05, 3.63) is 34.6 Å². The number of aliphatic hydroxyl groups is 1. The highest BCUT2D eigenvalue weighted by Crippen LogP contribution is 2.40. The second-order valence-corrected chi connectivity index (χ2v) is 5.09. The Balaban J connectivity index is 2.14. The van der Waals surface area contributed by atoms with Crippen LogP contribution < -0.4 is 0 Å². The van der Waals surface area contributed by atoms with E-state index in [1.807, 2.05) is 0 Å². The van der Waals surface area contributed by atoms with E-state index in [2.05, 4.69) is 6.92 Å². The molecule has 1 aliphatic carbocycles. The summed E-state index contributed by atoms with van der Waals surface area (Å²) in [6.45, 7) is 2.09. The van der Waals surface area contributed by atoms with Gasteiger partial charge in [-0.05, 0) is 42.5 Å². The third kappa shape index (κ3) is 2.32. The predicted octanol–water partition coefficient (Wildman–Crippen LogP) is 3.18. The summed E-state index contributed by atoms with van der Waals surface area (Å²) in [4.78, 5) is 0. The van der Waals surface area contributed by atoms with Crippen molar-refractivity contribution < 1.29 is 9.50 Å². The topological polar surface area (TPSA) is 20.2 Å². The minimum Gasteiger partial charge on any atom is -0.390 e. The standard InChI is InChI=1S/C12H14ClFO/c1-8-5-12(15,6-8)7-9-4-10(13)2-3-11(9)14/h2-4,8,15H,5-7H2,1H3. The number of hydrogen-bond acceptors (Lipinski definition) is 1.